The Bertz CT molecular complexity index is 726. The molecule has 1 N–H and O–H groups in total. The summed E-state index contributed by atoms with van der Waals surface area (Å²) in [6.45, 7) is 2.28. The summed E-state index contributed by atoms with van der Waals surface area (Å²) < 4.78 is 24.1. The van der Waals surface area contributed by atoms with E-state index in [0.717, 1.165) is 30.8 Å². The Morgan fingerprint density at radius 1 is 1.44 bits per heavy atom. The van der Waals surface area contributed by atoms with E-state index >= 15 is 0 Å². The third kappa shape index (κ3) is 4.71. The number of hydrogen-bond donors (Lipinski definition) is 1. The van der Waals surface area contributed by atoms with Crippen molar-refractivity contribution in [2.24, 2.45) is 8.73 Å². The summed E-state index contributed by atoms with van der Waals surface area (Å²) in [4.78, 5) is 23.9. The fourth-order valence-electron chi connectivity index (χ4n) is 2.44. The molecule has 1 saturated heterocycles. The van der Waals surface area contributed by atoms with Gasteiger partial charge in [0.2, 0.25) is 0 Å². The van der Waals surface area contributed by atoms with Crippen molar-refractivity contribution < 1.29 is 23.8 Å². The third-order valence-corrected chi connectivity index (χ3v) is 4.34. The average Bonchev–Trinajstić information content (AvgIpc) is 3.29. The minimum absolute atomic E-state index is 0.0331. The minimum atomic E-state index is -0.747. The molecule has 3 rings (SSSR count). The maximum Gasteiger partial charge on any atom is 0.335 e. The zero-order valence-electron chi connectivity index (χ0n) is 13.8. The summed E-state index contributed by atoms with van der Waals surface area (Å²) in [6, 6.07) is 5.30. The van der Waals surface area contributed by atoms with Crippen LogP contribution in [0.2, 0.25) is 0 Å². The van der Waals surface area contributed by atoms with Crippen LogP contribution in [0.5, 0.6) is 0 Å². The van der Waals surface area contributed by atoms with Crippen LogP contribution in [0.25, 0.3) is 0 Å². The molecule has 1 amide bonds. The molecule has 9 heteroatoms. The van der Waals surface area contributed by atoms with Crippen LogP contribution in [-0.2, 0) is 35.2 Å². The molecule has 0 spiro atoms. The van der Waals surface area contributed by atoms with E-state index in [9.17, 15) is 9.59 Å². The summed E-state index contributed by atoms with van der Waals surface area (Å²) in [5, 5.41) is 2.67. The number of rotatable bonds is 7. The van der Waals surface area contributed by atoms with Crippen LogP contribution >= 0.6 is 0 Å². The number of esters is 1. The number of ether oxygens (including phenoxy) is 3. The summed E-state index contributed by atoms with van der Waals surface area (Å²) in [7, 11) is 0. The number of fused-ring (bicyclic) bond motifs is 1. The Kier molecular flexibility index (Phi) is 5.90. The van der Waals surface area contributed by atoms with E-state index in [1.807, 2.05) is 6.07 Å². The molecular weight excluding hydrogens is 346 g/mol. The molecule has 0 aromatic heterocycles. The van der Waals surface area contributed by atoms with Crippen LogP contribution in [0.15, 0.2) is 26.9 Å². The first kappa shape index (κ1) is 17.7. The summed E-state index contributed by atoms with van der Waals surface area (Å²) in [5.74, 6) is -1.03. The van der Waals surface area contributed by atoms with E-state index in [0.29, 0.717) is 23.7 Å². The number of hydrogen-bond acceptors (Lipinski definition) is 7. The molecule has 0 saturated carbocycles. The lowest BCUT2D eigenvalue weighted by atomic mass is 10.2. The molecule has 1 aromatic carbocycles. The van der Waals surface area contributed by atoms with E-state index < -0.39 is 18.0 Å². The molecule has 2 heterocycles. The molecule has 8 nitrogen and oxygen atoms in total. The van der Waals surface area contributed by atoms with Gasteiger partial charge in [-0.1, -0.05) is 6.07 Å². The largest absolute Gasteiger partial charge is 0.454 e. The van der Waals surface area contributed by atoms with Gasteiger partial charge >= 0.3 is 5.97 Å². The van der Waals surface area contributed by atoms with E-state index in [1.54, 1.807) is 19.1 Å². The fraction of sp³-hybridized carbons (Fsp3) is 0.500. The Morgan fingerprint density at radius 3 is 3.12 bits per heavy atom. The molecule has 0 bridgehead atoms. The van der Waals surface area contributed by atoms with Crippen molar-refractivity contribution in [1.82, 2.24) is 0 Å². The van der Waals surface area contributed by atoms with Gasteiger partial charge in [-0.2, -0.15) is 8.73 Å². The molecule has 1 fully saturated rings. The van der Waals surface area contributed by atoms with Crippen LogP contribution in [0, 0.1) is 0 Å². The number of anilines is 1. The van der Waals surface area contributed by atoms with E-state index in [-0.39, 0.29) is 12.7 Å². The molecule has 2 aliphatic rings. The second-order valence-corrected chi connectivity index (χ2v) is 6.23. The van der Waals surface area contributed by atoms with E-state index in [2.05, 4.69) is 14.0 Å². The lowest BCUT2D eigenvalue weighted by molar-refractivity contribution is -0.159. The predicted octanol–water partition coefficient (Wildman–Crippen LogP) is 2.48. The maximum absolute atomic E-state index is 12.0. The maximum atomic E-state index is 12.0. The van der Waals surface area contributed by atoms with Gasteiger partial charge in [0.15, 0.2) is 12.7 Å². The monoisotopic (exact) mass is 365 g/mol. The normalized spacial score (nSPS) is 19.2. The highest BCUT2D eigenvalue weighted by atomic mass is 32.1. The first-order chi connectivity index (χ1) is 12.1. The van der Waals surface area contributed by atoms with Gasteiger partial charge in [0.05, 0.1) is 29.8 Å². The van der Waals surface area contributed by atoms with Crippen LogP contribution < -0.4 is 5.32 Å². The molecule has 2 aliphatic heterocycles. The lowest BCUT2D eigenvalue weighted by Crippen LogP contribution is -2.30. The third-order valence-electron chi connectivity index (χ3n) is 3.79. The molecule has 2 atom stereocenters. The van der Waals surface area contributed by atoms with Crippen molar-refractivity contribution in [2.75, 3.05) is 25.1 Å². The molecule has 2 unspecified atom stereocenters. The number of nitrogens with zero attached hydrogens (tertiary/aromatic N) is 2. The molecule has 134 valence electrons. The van der Waals surface area contributed by atoms with Crippen LogP contribution in [0.4, 0.5) is 17.1 Å². The van der Waals surface area contributed by atoms with Gasteiger partial charge < -0.3 is 19.5 Å². The minimum Gasteiger partial charge on any atom is -0.454 e. The number of amides is 1. The summed E-state index contributed by atoms with van der Waals surface area (Å²) >= 11 is 1.07. The zero-order valence-corrected chi connectivity index (χ0v) is 14.6. The molecule has 0 aliphatic carbocycles. The molecular formula is C16H19N3O5S. The van der Waals surface area contributed by atoms with Gasteiger partial charge in [-0.25, -0.2) is 4.79 Å². The van der Waals surface area contributed by atoms with Crippen LogP contribution in [-0.4, -0.2) is 43.9 Å². The molecule has 25 heavy (non-hydrogen) atoms. The second kappa shape index (κ2) is 8.32. The highest BCUT2D eigenvalue weighted by molar-refractivity contribution is 7.58. The predicted molar refractivity (Wildman–Crippen MR) is 92.0 cm³/mol. The highest BCUT2D eigenvalue weighted by Crippen LogP contribution is 2.38. The van der Waals surface area contributed by atoms with Crippen molar-refractivity contribution in [3.8, 4) is 0 Å². The van der Waals surface area contributed by atoms with Gasteiger partial charge in [-0.05, 0) is 31.9 Å². The lowest BCUT2D eigenvalue weighted by Gasteiger charge is -2.15. The molecule has 1 aromatic rings. The van der Waals surface area contributed by atoms with Crippen molar-refractivity contribution in [1.29, 1.82) is 0 Å². The van der Waals surface area contributed by atoms with Crippen molar-refractivity contribution in [3.63, 3.8) is 0 Å². The quantitative estimate of drug-likeness (QED) is 0.760. The highest BCUT2D eigenvalue weighted by Gasteiger charge is 2.21. The second-order valence-electron chi connectivity index (χ2n) is 5.70. The number of benzene rings is 1. The average molecular weight is 365 g/mol. The Balaban J connectivity index is 1.42. The van der Waals surface area contributed by atoms with Crippen LogP contribution in [0.1, 0.15) is 19.8 Å². The Hall–Kier alpha value is -2.10. The summed E-state index contributed by atoms with van der Waals surface area (Å²) in [6.07, 6.45) is 1.23. The van der Waals surface area contributed by atoms with Gasteiger partial charge in [0.25, 0.3) is 5.91 Å². The van der Waals surface area contributed by atoms with Crippen molar-refractivity contribution >= 4 is 40.3 Å². The zero-order chi connectivity index (χ0) is 17.6. The first-order valence-corrected chi connectivity index (χ1v) is 8.77. The Labute approximate surface area is 148 Å². The standard InChI is InChI=1S/C16H19N3O5S/c1-10(23-8-11-4-3-7-22-11)16(21)24-9-14(20)17-12-5-2-6-13-15(12)19-25-18-13/h2,5-6,10-11H,3-4,7-9H2,1H3,(H,17,20). The summed E-state index contributed by atoms with van der Waals surface area (Å²) in [5.41, 5.74) is 1.85. The number of carbonyl (C=O) groups excluding carboxylic acids is 2. The van der Waals surface area contributed by atoms with E-state index in [1.165, 1.54) is 0 Å². The number of nitrogens with one attached hydrogen (secondary N) is 1. The van der Waals surface area contributed by atoms with Crippen molar-refractivity contribution in [2.45, 2.75) is 32.0 Å². The number of carbonyl (C=O) groups is 2. The fourth-order valence-corrected chi connectivity index (χ4v) is 2.99. The van der Waals surface area contributed by atoms with Gasteiger partial charge in [-0.3, -0.25) is 4.79 Å². The topological polar surface area (TPSA) is 98.6 Å². The van der Waals surface area contributed by atoms with E-state index in [4.69, 9.17) is 14.2 Å². The van der Waals surface area contributed by atoms with Gasteiger partial charge in [0.1, 0.15) is 11.4 Å². The SMILES string of the molecule is CC(OCC1CCCO1)C(=O)OCC(=O)Nc1cccc2c1N=S=N2. The first-order valence-electron chi connectivity index (χ1n) is 8.04. The Morgan fingerprint density at radius 2 is 2.32 bits per heavy atom. The van der Waals surface area contributed by atoms with Gasteiger partial charge in [-0.15, -0.1) is 0 Å². The smallest absolute Gasteiger partial charge is 0.335 e. The van der Waals surface area contributed by atoms with Crippen molar-refractivity contribution in [3.05, 3.63) is 18.2 Å². The van der Waals surface area contributed by atoms with Crippen LogP contribution in [0.3, 0.4) is 0 Å². The molecule has 0 radical (unpaired) electrons. The van der Waals surface area contributed by atoms with Gasteiger partial charge in [0, 0.05) is 6.61 Å².